The number of aryl methyl sites for hydroxylation is 1. The summed E-state index contributed by atoms with van der Waals surface area (Å²) in [5.74, 6) is 0.839. The molecule has 0 aliphatic carbocycles. The van der Waals surface area contributed by atoms with Crippen LogP contribution in [-0.4, -0.2) is 41.1 Å². The van der Waals surface area contributed by atoms with E-state index in [2.05, 4.69) is 35.8 Å². The van der Waals surface area contributed by atoms with Crippen molar-refractivity contribution in [3.05, 3.63) is 40.5 Å². The zero-order valence-corrected chi connectivity index (χ0v) is 13.2. The van der Waals surface area contributed by atoms with Gasteiger partial charge < -0.3 is 9.80 Å². The highest BCUT2D eigenvalue weighted by Crippen LogP contribution is 2.22. The monoisotopic (exact) mass is 351 g/mol. The highest BCUT2D eigenvalue weighted by atomic mass is 79.9. The van der Waals surface area contributed by atoms with E-state index in [1.165, 1.54) is 6.07 Å². The molecule has 110 valence electrons. The van der Waals surface area contributed by atoms with E-state index in [0.717, 1.165) is 24.7 Å². The molecular formula is C14H15BrFN5. The Morgan fingerprint density at radius 2 is 1.86 bits per heavy atom. The van der Waals surface area contributed by atoms with Crippen molar-refractivity contribution < 1.29 is 4.39 Å². The zero-order chi connectivity index (χ0) is 14.8. The lowest BCUT2D eigenvalue weighted by molar-refractivity contribution is 0.584. The third-order valence-electron chi connectivity index (χ3n) is 3.43. The SMILES string of the molecule is Cc1ccnc(N2CCN(c3ncc(Br)cc3F)CC2)n1. The molecule has 0 amide bonds. The Morgan fingerprint density at radius 1 is 1.14 bits per heavy atom. The number of pyridine rings is 1. The summed E-state index contributed by atoms with van der Waals surface area (Å²) in [6, 6.07) is 3.32. The fourth-order valence-electron chi connectivity index (χ4n) is 2.35. The molecule has 3 rings (SSSR count). The van der Waals surface area contributed by atoms with Crippen molar-refractivity contribution in [1.82, 2.24) is 15.0 Å². The first-order valence-corrected chi connectivity index (χ1v) is 7.53. The largest absolute Gasteiger partial charge is 0.351 e. The average molecular weight is 352 g/mol. The van der Waals surface area contributed by atoms with E-state index in [9.17, 15) is 4.39 Å². The zero-order valence-electron chi connectivity index (χ0n) is 11.6. The normalized spacial score (nSPS) is 15.4. The molecule has 5 nitrogen and oxygen atoms in total. The molecule has 1 aliphatic rings. The number of piperazine rings is 1. The van der Waals surface area contributed by atoms with Crippen LogP contribution in [0.3, 0.4) is 0 Å². The van der Waals surface area contributed by atoms with Crippen LogP contribution >= 0.6 is 15.9 Å². The fraction of sp³-hybridized carbons (Fsp3) is 0.357. The van der Waals surface area contributed by atoms with Gasteiger partial charge in [-0.05, 0) is 35.0 Å². The Labute approximate surface area is 131 Å². The molecule has 1 fully saturated rings. The van der Waals surface area contributed by atoms with Gasteiger partial charge in [0, 0.05) is 48.7 Å². The molecule has 21 heavy (non-hydrogen) atoms. The van der Waals surface area contributed by atoms with Crippen molar-refractivity contribution in [2.45, 2.75) is 6.92 Å². The number of aromatic nitrogens is 3. The van der Waals surface area contributed by atoms with Crippen molar-refractivity contribution in [2.75, 3.05) is 36.0 Å². The molecule has 3 heterocycles. The highest BCUT2D eigenvalue weighted by Gasteiger charge is 2.22. The molecule has 2 aromatic rings. The molecule has 1 aliphatic heterocycles. The Hall–Kier alpha value is -1.76. The van der Waals surface area contributed by atoms with Crippen molar-refractivity contribution >= 4 is 27.7 Å². The Balaban J connectivity index is 1.70. The smallest absolute Gasteiger partial charge is 0.225 e. The first-order chi connectivity index (χ1) is 10.1. The molecule has 0 aromatic carbocycles. The molecular weight excluding hydrogens is 337 g/mol. The minimum atomic E-state index is -0.301. The fourth-order valence-corrected chi connectivity index (χ4v) is 2.65. The average Bonchev–Trinajstić information content (AvgIpc) is 2.47. The summed E-state index contributed by atoms with van der Waals surface area (Å²) in [5.41, 5.74) is 0.947. The van der Waals surface area contributed by atoms with Gasteiger partial charge in [-0.1, -0.05) is 0 Å². The minimum absolute atomic E-state index is 0.301. The number of hydrogen-bond acceptors (Lipinski definition) is 5. The number of nitrogens with zero attached hydrogens (tertiary/aromatic N) is 5. The predicted molar refractivity (Wildman–Crippen MR) is 83.1 cm³/mol. The van der Waals surface area contributed by atoms with Crippen LogP contribution in [0, 0.1) is 12.7 Å². The van der Waals surface area contributed by atoms with Gasteiger partial charge in [-0.2, -0.15) is 0 Å². The lowest BCUT2D eigenvalue weighted by Gasteiger charge is -2.35. The first-order valence-electron chi connectivity index (χ1n) is 6.74. The van der Waals surface area contributed by atoms with E-state index in [-0.39, 0.29) is 5.82 Å². The summed E-state index contributed by atoms with van der Waals surface area (Å²) in [6.45, 7) is 4.84. The summed E-state index contributed by atoms with van der Waals surface area (Å²) in [4.78, 5) is 16.9. The number of hydrogen-bond donors (Lipinski definition) is 0. The van der Waals surface area contributed by atoms with E-state index in [1.54, 1.807) is 12.4 Å². The third-order valence-corrected chi connectivity index (χ3v) is 3.87. The number of halogens is 2. The maximum atomic E-state index is 13.9. The molecule has 0 unspecified atom stereocenters. The molecule has 0 atom stereocenters. The molecule has 7 heteroatoms. The number of anilines is 2. The molecule has 0 radical (unpaired) electrons. The van der Waals surface area contributed by atoms with Crippen molar-refractivity contribution in [1.29, 1.82) is 0 Å². The van der Waals surface area contributed by atoms with E-state index in [4.69, 9.17) is 0 Å². The number of rotatable bonds is 2. The van der Waals surface area contributed by atoms with E-state index in [1.807, 2.05) is 17.9 Å². The van der Waals surface area contributed by atoms with Crippen LogP contribution in [0.15, 0.2) is 29.0 Å². The summed E-state index contributed by atoms with van der Waals surface area (Å²) >= 11 is 3.22. The van der Waals surface area contributed by atoms with Gasteiger partial charge in [-0.25, -0.2) is 19.3 Å². The minimum Gasteiger partial charge on any atom is -0.351 e. The van der Waals surface area contributed by atoms with Crippen LogP contribution in [0.4, 0.5) is 16.2 Å². The predicted octanol–water partition coefficient (Wildman–Crippen LogP) is 2.41. The quantitative estimate of drug-likeness (QED) is 0.831. The van der Waals surface area contributed by atoms with Gasteiger partial charge in [-0.3, -0.25) is 0 Å². The topological polar surface area (TPSA) is 45.2 Å². The van der Waals surface area contributed by atoms with Crippen LogP contribution in [-0.2, 0) is 0 Å². The summed E-state index contributed by atoms with van der Waals surface area (Å²) in [5, 5.41) is 0. The second kappa shape index (κ2) is 5.93. The summed E-state index contributed by atoms with van der Waals surface area (Å²) < 4.78 is 14.6. The summed E-state index contributed by atoms with van der Waals surface area (Å²) in [6.07, 6.45) is 3.38. The van der Waals surface area contributed by atoms with Gasteiger partial charge in [0.05, 0.1) is 0 Å². The van der Waals surface area contributed by atoms with Crippen LogP contribution < -0.4 is 9.80 Å². The van der Waals surface area contributed by atoms with Gasteiger partial charge in [0.25, 0.3) is 0 Å². The van der Waals surface area contributed by atoms with Crippen molar-refractivity contribution in [3.8, 4) is 0 Å². The first kappa shape index (κ1) is 14.2. The lowest BCUT2D eigenvalue weighted by Crippen LogP contribution is -2.47. The maximum absolute atomic E-state index is 13.9. The standard InChI is InChI=1S/C14H15BrFN5/c1-10-2-3-17-14(19-10)21-6-4-20(5-7-21)13-12(16)8-11(15)9-18-13/h2-3,8-9H,4-7H2,1H3. The van der Waals surface area contributed by atoms with Crippen LogP contribution in [0.25, 0.3) is 0 Å². The molecule has 0 spiro atoms. The van der Waals surface area contributed by atoms with E-state index < -0.39 is 0 Å². The van der Waals surface area contributed by atoms with Gasteiger partial charge >= 0.3 is 0 Å². The molecule has 0 N–H and O–H groups in total. The van der Waals surface area contributed by atoms with Crippen LogP contribution in [0.5, 0.6) is 0 Å². The second-order valence-electron chi connectivity index (χ2n) is 4.93. The highest BCUT2D eigenvalue weighted by molar-refractivity contribution is 9.10. The van der Waals surface area contributed by atoms with Crippen LogP contribution in [0.2, 0.25) is 0 Å². The second-order valence-corrected chi connectivity index (χ2v) is 5.85. The molecule has 0 bridgehead atoms. The van der Waals surface area contributed by atoms with Gasteiger partial charge in [0.1, 0.15) is 0 Å². The molecule has 1 saturated heterocycles. The Kier molecular flexibility index (Phi) is 4.01. The van der Waals surface area contributed by atoms with Crippen molar-refractivity contribution in [2.24, 2.45) is 0 Å². The van der Waals surface area contributed by atoms with Gasteiger partial charge in [-0.15, -0.1) is 0 Å². The summed E-state index contributed by atoms with van der Waals surface area (Å²) in [7, 11) is 0. The third kappa shape index (κ3) is 3.12. The van der Waals surface area contributed by atoms with Gasteiger partial charge in [0.2, 0.25) is 5.95 Å². The van der Waals surface area contributed by atoms with Crippen LogP contribution in [0.1, 0.15) is 5.69 Å². The van der Waals surface area contributed by atoms with Gasteiger partial charge in [0.15, 0.2) is 11.6 Å². The van der Waals surface area contributed by atoms with E-state index in [0.29, 0.717) is 23.4 Å². The maximum Gasteiger partial charge on any atom is 0.225 e. The Bertz CT molecular complexity index is 643. The lowest BCUT2D eigenvalue weighted by atomic mass is 10.3. The van der Waals surface area contributed by atoms with Crippen molar-refractivity contribution in [3.63, 3.8) is 0 Å². The van der Waals surface area contributed by atoms with E-state index >= 15 is 0 Å². The Morgan fingerprint density at radius 3 is 2.52 bits per heavy atom. The molecule has 2 aromatic heterocycles. The molecule has 0 saturated carbocycles.